The highest BCUT2D eigenvalue weighted by atomic mass is 19.4. The summed E-state index contributed by atoms with van der Waals surface area (Å²) in [6.45, 7) is 5.99. The van der Waals surface area contributed by atoms with E-state index in [1.54, 1.807) is 91.0 Å². The van der Waals surface area contributed by atoms with Gasteiger partial charge in [0.25, 0.3) is 12.1 Å². The third kappa shape index (κ3) is 20.8. The first kappa shape index (κ1) is 92.9. The number of benzene rings is 12. The maximum atomic E-state index is 13.6. The highest BCUT2D eigenvalue weighted by molar-refractivity contribution is 5.51. The predicted octanol–water partition coefficient (Wildman–Crippen LogP) is 26.6. The molecule has 702 valence electrons. The third-order valence-corrected chi connectivity index (χ3v) is 24.8. The lowest BCUT2D eigenvalue weighted by Gasteiger charge is -2.30. The molecule has 0 fully saturated rings. The summed E-state index contributed by atoms with van der Waals surface area (Å²) in [5.74, 6) is 3.28. The number of hydrogen-bond donors (Lipinski definition) is 0. The average molecular weight is 1880 g/mol. The Morgan fingerprint density at radius 1 is 0.212 bits per heavy atom. The van der Waals surface area contributed by atoms with Crippen LogP contribution in [0.4, 0.5) is 61.5 Å². The van der Waals surface area contributed by atoms with Crippen molar-refractivity contribution in [1.82, 2.24) is 0 Å². The molecule has 137 heavy (non-hydrogen) atoms. The predicted molar refractivity (Wildman–Crippen MR) is 473 cm³/mol. The van der Waals surface area contributed by atoms with Gasteiger partial charge in [0.2, 0.25) is 11.3 Å². The molecule has 0 aliphatic carbocycles. The summed E-state index contributed by atoms with van der Waals surface area (Å²) in [7, 11) is 0. The maximum absolute atomic E-state index is 13.6. The van der Waals surface area contributed by atoms with Gasteiger partial charge >= 0.3 is 47.4 Å². The standard InChI is InChI=1S/C66H54F8N8O4.C36H30F6N6O3/c1-61(75-76-61)50-18-2-42(3-19-50)34-38-83-54-26-10-46(11-27-54)58(47-12-28-55(29-13-47)84-39-35-43-4-20-51(21-5-43)62(60(67)68)77-78-62)59(48-14-30-56(31-15-48)85-40-36-44-6-22-52(23-7-44)63(79-80-63)65(69,70)71)49-16-32-57(33-17-49)86-41-37-45-8-24-53(25-9-45)64(81-82-64)66(72,73)74;1-32(43-44-32)26-8-2-23(3-9-26)14-17-49-29-20-30(50-18-15-24-4-10-27(11-5-24)33(45-46-33)35(37,38)39)22-31(21-29)51-19-16-25-6-12-28(13-7-25)34(47-48-34)36(40,41)42/h2-33,58-60H,34-41H2,1H3;2-13,20-22H,14-19H2,1H3. The molecule has 19 rings (SSSR count). The van der Waals surface area contributed by atoms with Crippen LogP contribution in [0.5, 0.6) is 40.2 Å². The summed E-state index contributed by atoms with van der Waals surface area (Å²) in [5, 5.41) is 49.8. The molecule has 1 unspecified atom stereocenters. The summed E-state index contributed by atoms with van der Waals surface area (Å²) < 4.78 is 232. The van der Waals surface area contributed by atoms with Gasteiger partial charge in [-0.2, -0.15) is 73.1 Å². The van der Waals surface area contributed by atoms with Crippen molar-refractivity contribution in [2.45, 2.75) is 141 Å². The quantitative estimate of drug-likeness (QED) is 0.0336. The van der Waals surface area contributed by atoms with Gasteiger partial charge in [-0.15, -0.1) is 51.1 Å². The first-order chi connectivity index (χ1) is 65.7. The Hall–Kier alpha value is -14.5. The molecular weight excluding hydrogens is 1800 g/mol. The minimum Gasteiger partial charge on any atom is -0.493 e. The summed E-state index contributed by atoms with van der Waals surface area (Å²) in [6, 6.07) is 83.7. The number of nitrogens with zero attached hydrogens (tertiary/aromatic N) is 14. The monoisotopic (exact) mass is 1880 g/mol. The molecule has 7 aliphatic rings. The molecule has 0 saturated heterocycles. The van der Waals surface area contributed by atoms with Crippen LogP contribution in [0.15, 0.2) is 357 Å². The Kier molecular flexibility index (Phi) is 25.3. The van der Waals surface area contributed by atoms with Gasteiger partial charge in [-0.1, -0.05) is 218 Å². The SMILES string of the molecule is CC1(c2ccc(CCOc3cc(OCCc4ccc(C5(C(F)(F)F)N=N5)cc4)cc(OCCc4ccc(C5(C(F)(F)F)N=N5)cc4)c3)cc2)N=N1.CC1(c2ccc(CCOc3ccc(C(c4ccc(OCCc5ccc(C6(C(F)F)N=N6)cc5)cc4)C(c4ccc(OCCc5ccc(C6(C(F)(F)F)N=N6)cc5)cc4)c4ccc(OCCc5ccc(C6(C(F)(F)F)N=N6)cc5)cc4)cc3)cc2)N=N1. The number of rotatable bonds is 41. The second-order valence-corrected chi connectivity index (χ2v) is 34.1. The molecule has 12 aromatic rings. The maximum Gasteiger partial charge on any atom is 0.442 e. The molecule has 35 heteroatoms. The van der Waals surface area contributed by atoms with Gasteiger partial charge < -0.3 is 33.2 Å². The largest absolute Gasteiger partial charge is 0.493 e. The Balaban J connectivity index is 0.000000208. The molecule has 0 spiro atoms. The Bertz CT molecular complexity index is 6240. The van der Waals surface area contributed by atoms with E-state index in [1.807, 2.05) is 135 Å². The molecular formula is C102H84F14N14O7. The number of halogens is 14. The van der Waals surface area contributed by atoms with E-state index in [1.165, 1.54) is 48.5 Å². The molecule has 0 aromatic heterocycles. The normalized spacial score (nSPS) is 16.7. The van der Waals surface area contributed by atoms with Gasteiger partial charge in [-0.25, -0.2) is 8.78 Å². The van der Waals surface area contributed by atoms with Crippen LogP contribution in [0, 0.1) is 0 Å². The minimum atomic E-state index is -4.62. The van der Waals surface area contributed by atoms with E-state index in [-0.39, 0.29) is 60.5 Å². The topological polar surface area (TPSA) is 238 Å². The van der Waals surface area contributed by atoms with Crippen LogP contribution in [0.2, 0.25) is 0 Å². The van der Waals surface area contributed by atoms with Crippen molar-refractivity contribution in [2.75, 3.05) is 46.2 Å². The number of alkyl halides is 14. The Morgan fingerprint density at radius 3 is 0.547 bits per heavy atom. The van der Waals surface area contributed by atoms with E-state index >= 15 is 0 Å². The van der Waals surface area contributed by atoms with Crippen LogP contribution in [0.3, 0.4) is 0 Å². The zero-order valence-corrected chi connectivity index (χ0v) is 73.2. The second-order valence-electron chi connectivity index (χ2n) is 34.1. The van der Waals surface area contributed by atoms with Crippen LogP contribution < -0.4 is 33.2 Å². The molecule has 0 saturated carbocycles. The lowest BCUT2D eigenvalue weighted by atomic mass is 9.73. The van der Waals surface area contributed by atoms with E-state index < -0.39 is 70.8 Å². The van der Waals surface area contributed by atoms with Gasteiger partial charge in [0.15, 0.2) is 0 Å². The summed E-state index contributed by atoms with van der Waals surface area (Å²) >= 11 is 0. The van der Waals surface area contributed by atoms with Crippen molar-refractivity contribution in [2.24, 2.45) is 71.6 Å². The summed E-state index contributed by atoms with van der Waals surface area (Å²) in [6.07, 6.45) is -17.6. The molecule has 21 nitrogen and oxygen atoms in total. The zero-order valence-electron chi connectivity index (χ0n) is 73.2. The Labute approximate surface area is 775 Å². The molecule has 0 bridgehead atoms. The van der Waals surface area contributed by atoms with Crippen molar-refractivity contribution in [3.8, 4) is 40.2 Å². The van der Waals surface area contributed by atoms with Crippen molar-refractivity contribution >= 4 is 0 Å². The van der Waals surface area contributed by atoms with E-state index in [2.05, 4.69) is 95.9 Å². The van der Waals surface area contributed by atoms with Crippen LogP contribution in [-0.2, 0) is 84.6 Å². The number of ether oxygens (including phenoxy) is 7. The van der Waals surface area contributed by atoms with Gasteiger partial charge in [0, 0.05) is 114 Å². The van der Waals surface area contributed by atoms with Gasteiger partial charge in [0.05, 0.1) is 46.2 Å². The second kappa shape index (κ2) is 37.3. The van der Waals surface area contributed by atoms with Crippen molar-refractivity contribution in [3.05, 3.63) is 385 Å². The van der Waals surface area contributed by atoms with Crippen LogP contribution in [-0.4, -0.2) is 77.4 Å². The van der Waals surface area contributed by atoms with Crippen molar-refractivity contribution in [1.29, 1.82) is 0 Å². The van der Waals surface area contributed by atoms with Crippen LogP contribution in [0.1, 0.15) is 126 Å². The molecule has 0 amide bonds. The molecule has 1 atom stereocenters. The zero-order chi connectivity index (χ0) is 95.6. The molecule has 7 aliphatic heterocycles. The molecule has 0 N–H and O–H groups in total. The highest BCUT2D eigenvalue weighted by Gasteiger charge is 2.68. The van der Waals surface area contributed by atoms with E-state index in [0.29, 0.717) is 111 Å². The number of hydrogen-bond acceptors (Lipinski definition) is 21. The fourth-order valence-corrected chi connectivity index (χ4v) is 16.1. The van der Waals surface area contributed by atoms with Crippen LogP contribution in [0.25, 0.3) is 0 Å². The molecule has 12 aromatic carbocycles. The molecule has 7 heterocycles. The van der Waals surface area contributed by atoms with Gasteiger partial charge in [-0.3, -0.25) is 0 Å². The van der Waals surface area contributed by atoms with E-state index in [9.17, 15) is 61.5 Å². The lowest BCUT2D eigenvalue weighted by molar-refractivity contribution is -0.166. The van der Waals surface area contributed by atoms with Crippen molar-refractivity contribution in [3.63, 3.8) is 0 Å². The fraction of sp³-hybridized carbons (Fsp3) is 0.294. The Morgan fingerprint density at radius 2 is 0.387 bits per heavy atom. The van der Waals surface area contributed by atoms with Gasteiger partial charge in [-0.05, 0) is 124 Å². The van der Waals surface area contributed by atoms with Crippen LogP contribution >= 0.6 is 0 Å². The fourth-order valence-electron chi connectivity index (χ4n) is 16.1. The van der Waals surface area contributed by atoms with Crippen molar-refractivity contribution < 1.29 is 94.6 Å². The minimum absolute atomic E-state index is 0.0396. The smallest absolute Gasteiger partial charge is 0.442 e. The average Bonchev–Trinajstić information content (AvgIpc) is 1.58. The third-order valence-electron chi connectivity index (χ3n) is 24.8. The molecule has 0 radical (unpaired) electrons. The van der Waals surface area contributed by atoms with E-state index in [4.69, 9.17) is 33.2 Å². The summed E-state index contributed by atoms with van der Waals surface area (Å²) in [4.78, 5) is 0. The summed E-state index contributed by atoms with van der Waals surface area (Å²) in [5.41, 5.74) is -0.316. The first-order valence-corrected chi connectivity index (χ1v) is 44.0. The highest BCUT2D eigenvalue weighted by Crippen LogP contribution is 2.57. The lowest BCUT2D eigenvalue weighted by Crippen LogP contribution is -2.30. The first-order valence-electron chi connectivity index (χ1n) is 44.0. The van der Waals surface area contributed by atoms with E-state index in [0.717, 1.165) is 72.3 Å². The van der Waals surface area contributed by atoms with Gasteiger partial charge in [0.1, 0.15) is 40.2 Å².